The summed E-state index contributed by atoms with van der Waals surface area (Å²) in [7, 11) is 0. The molecule has 0 atom stereocenters. The molecule has 0 aliphatic carbocycles. The Kier molecular flexibility index (Phi) is 6.91. The molecule has 4 heteroatoms. The van der Waals surface area contributed by atoms with Crippen molar-refractivity contribution in [1.29, 1.82) is 10.5 Å². The van der Waals surface area contributed by atoms with E-state index in [1.807, 2.05) is 26.0 Å². The molecule has 0 fully saturated rings. The third kappa shape index (κ3) is 5.19. The lowest BCUT2D eigenvalue weighted by Crippen LogP contribution is -2.20. The highest BCUT2D eigenvalue weighted by Gasteiger charge is 2.15. The second-order valence-corrected chi connectivity index (χ2v) is 2.39. The van der Waals surface area contributed by atoms with Gasteiger partial charge in [0.2, 0.25) is 0 Å². The summed E-state index contributed by atoms with van der Waals surface area (Å²) in [4.78, 5) is 0. The van der Waals surface area contributed by atoms with E-state index in [4.69, 9.17) is 20.0 Å². The minimum atomic E-state index is -0.650. The van der Waals surface area contributed by atoms with E-state index in [-0.39, 0.29) is 0 Å². The zero-order valence-electron chi connectivity index (χ0n) is 7.99. The topological polar surface area (TPSA) is 66.0 Å². The SMILES string of the molecule is CCOC(CC(C#N)C#N)OCC. The lowest BCUT2D eigenvalue weighted by molar-refractivity contribution is -0.141. The molecular weight excluding hydrogens is 168 g/mol. The lowest BCUT2D eigenvalue weighted by atomic mass is 10.1. The summed E-state index contributed by atoms with van der Waals surface area (Å²) in [5.41, 5.74) is 0. The molecule has 0 aliphatic heterocycles. The Morgan fingerprint density at radius 3 is 1.85 bits per heavy atom. The zero-order chi connectivity index (χ0) is 10.1. The largest absolute Gasteiger partial charge is 0.353 e. The fourth-order valence-electron chi connectivity index (χ4n) is 0.883. The van der Waals surface area contributed by atoms with Crippen molar-refractivity contribution in [3.8, 4) is 12.1 Å². The predicted octanol–water partition coefficient (Wildman–Crippen LogP) is 1.44. The third-order valence-electron chi connectivity index (χ3n) is 1.44. The van der Waals surface area contributed by atoms with E-state index in [9.17, 15) is 0 Å². The summed E-state index contributed by atoms with van der Waals surface area (Å²) in [6.07, 6.45) is -0.117. The number of hydrogen-bond acceptors (Lipinski definition) is 4. The molecule has 0 amide bonds. The van der Waals surface area contributed by atoms with E-state index in [0.717, 1.165) is 0 Å². The maximum atomic E-state index is 8.53. The van der Waals surface area contributed by atoms with Crippen molar-refractivity contribution in [2.75, 3.05) is 13.2 Å². The quantitative estimate of drug-likeness (QED) is 0.583. The molecule has 0 saturated carbocycles. The maximum absolute atomic E-state index is 8.53. The number of ether oxygens (including phenoxy) is 2. The predicted molar refractivity (Wildman–Crippen MR) is 46.4 cm³/mol. The summed E-state index contributed by atoms with van der Waals surface area (Å²) in [6.45, 7) is 4.74. The van der Waals surface area contributed by atoms with Crippen LogP contribution in [-0.4, -0.2) is 19.5 Å². The molecule has 0 aromatic carbocycles. The van der Waals surface area contributed by atoms with E-state index in [1.165, 1.54) is 0 Å². The molecule has 0 spiro atoms. The normalized spacial score (nSPS) is 10.0. The molecule has 0 aromatic rings. The summed E-state index contributed by atoms with van der Waals surface area (Å²) in [6, 6.07) is 3.76. The molecular formula is C9H14N2O2. The van der Waals surface area contributed by atoms with Gasteiger partial charge < -0.3 is 9.47 Å². The summed E-state index contributed by atoms with van der Waals surface area (Å²) in [5, 5.41) is 17.1. The van der Waals surface area contributed by atoms with Gasteiger partial charge in [-0.2, -0.15) is 10.5 Å². The highest BCUT2D eigenvalue weighted by molar-refractivity contribution is 4.99. The monoisotopic (exact) mass is 182 g/mol. The first-order valence-electron chi connectivity index (χ1n) is 4.30. The van der Waals surface area contributed by atoms with Crippen molar-refractivity contribution in [3.05, 3.63) is 0 Å². The van der Waals surface area contributed by atoms with Gasteiger partial charge in [-0.3, -0.25) is 0 Å². The second kappa shape index (κ2) is 7.54. The van der Waals surface area contributed by atoms with Crippen LogP contribution in [-0.2, 0) is 9.47 Å². The van der Waals surface area contributed by atoms with Gasteiger partial charge in [0.1, 0.15) is 5.92 Å². The van der Waals surface area contributed by atoms with Gasteiger partial charge in [0, 0.05) is 19.6 Å². The van der Waals surface area contributed by atoms with Crippen LogP contribution < -0.4 is 0 Å². The van der Waals surface area contributed by atoms with Gasteiger partial charge >= 0.3 is 0 Å². The van der Waals surface area contributed by atoms with Crippen molar-refractivity contribution in [3.63, 3.8) is 0 Å². The highest BCUT2D eigenvalue weighted by atomic mass is 16.7. The van der Waals surface area contributed by atoms with Crippen molar-refractivity contribution in [1.82, 2.24) is 0 Å². The maximum Gasteiger partial charge on any atom is 0.159 e. The van der Waals surface area contributed by atoms with Crippen molar-refractivity contribution in [2.24, 2.45) is 5.92 Å². The minimum Gasteiger partial charge on any atom is -0.353 e. The van der Waals surface area contributed by atoms with Crippen LogP contribution in [0.15, 0.2) is 0 Å². The molecule has 0 bridgehead atoms. The number of nitrogens with zero attached hydrogens (tertiary/aromatic N) is 2. The molecule has 0 saturated heterocycles. The minimum absolute atomic E-state index is 0.314. The Morgan fingerprint density at radius 1 is 1.08 bits per heavy atom. The van der Waals surface area contributed by atoms with Crippen LogP contribution in [0.2, 0.25) is 0 Å². The van der Waals surface area contributed by atoms with Crippen LogP contribution in [0, 0.1) is 28.6 Å². The summed E-state index contributed by atoms with van der Waals surface area (Å²) >= 11 is 0. The standard InChI is InChI=1S/C9H14N2O2/c1-3-12-9(13-4-2)5-8(6-10)7-11/h8-9H,3-5H2,1-2H3. The Morgan fingerprint density at radius 2 is 1.54 bits per heavy atom. The number of rotatable bonds is 6. The second-order valence-electron chi connectivity index (χ2n) is 2.39. The zero-order valence-corrected chi connectivity index (χ0v) is 7.99. The third-order valence-corrected chi connectivity index (χ3v) is 1.44. The molecule has 0 rings (SSSR count). The average Bonchev–Trinajstić information content (AvgIpc) is 2.14. The Balaban J connectivity index is 3.94. The molecule has 0 unspecified atom stereocenters. The van der Waals surface area contributed by atoms with E-state index in [1.54, 1.807) is 0 Å². The lowest BCUT2D eigenvalue weighted by Gasteiger charge is -2.16. The molecule has 0 heterocycles. The van der Waals surface area contributed by atoms with Gasteiger partial charge in [-0.15, -0.1) is 0 Å². The first-order valence-corrected chi connectivity index (χ1v) is 4.30. The van der Waals surface area contributed by atoms with Crippen molar-refractivity contribution >= 4 is 0 Å². The summed E-state index contributed by atoms with van der Waals surface area (Å²) < 4.78 is 10.4. The van der Waals surface area contributed by atoms with Crippen LogP contribution in [0.1, 0.15) is 20.3 Å². The molecule has 0 radical (unpaired) electrons. The molecule has 4 nitrogen and oxygen atoms in total. The van der Waals surface area contributed by atoms with E-state index in [2.05, 4.69) is 0 Å². The van der Waals surface area contributed by atoms with Crippen LogP contribution in [0.5, 0.6) is 0 Å². The number of nitriles is 2. The van der Waals surface area contributed by atoms with Gasteiger partial charge in [-0.05, 0) is 13.8 Å². The van der Waals surface area contributed by atoms with E-state index < -0.39 is 12.2 Å². The molecule has 0 aliphatic rings. The first-order chi connectivity index (χ1) is 6.28. The Bertz CT molecular complexity index is 185. The van der Waals surface area contributed by atoms with Gasteiger partial charge in [0.05, 0.1) is 12.1 Å². The molecule has 13 heavy (non-hydrogen) atoms. The van der Waals surface area contributed by atoms with Crippen LogP contribution >= 0.6 is 0 Å². The van der Waals surface area contributed by atoms with Crippen LogP contribution in [0.25, 0.3) is 0 Å². The fraction of sp³-hybridized carbons (Fsp3) is 0.778. The van der Waals surface area contributed by atoms with Crippen molar-refractivity contribution in [2.45, 2.75) is 26.6 Å². The van der Waals surface area contributed by atoms with Gasteiger partial charge in [0.25, 0.3) is 0 Å². The van der Waals surface area contributed by atoms with E-state index >= 15 is 0 Å². The average molecular weight is 182 g/mol. The summed E-state index contributed by atoms with van der Waals surface area (Å²) in [5.74, 6) is -0.650. The van der Waals surface area contributed by atoms with Gasteiger partial charge in [-0.25, -0.2) is 0 Å². The smallest absolute Gasteiger partial charge is 0.159 e. The molecule has 0 aromatic heterocycles. The molecule has 72 valence electrons. The Hall–Kier alpha value is -1.10. The van der Waals surface area contributed by atoms with Crippen LogP contribution in [0.3, 0.4) is 0 Å². The highest BCUT2D eigenvalue weighted by Crippen LogP contribution is 2.09. The fourth-order valence-corrected chi connectivity index (χ4v) is 0.883. The first kappa shape index (κ1) is 11.9. The van der Waals surface area contributed by atoms with Gasteiger partial charge in [-0.1, -0.05) is 0 Å². The van der Waals surface area contributed by atoms with E-state index in [0.29, 0.717) is 19.6 Å². The molecule has 0 N–H and O–H groups in total. The van der Waals surface area contributed by atoms with Gasteiger partial charge in [0.15, 0.2) is 6.29 Å². The Labute approximate surface area is 78.7 Å². The van der Waals surface area contributed by atoms with Crippen LogP contribution in [0.4, 0.5) is 0 Å². The number of hydrogen-bond donors (Lipinski definition) is 0. The van der Waals surface area contributed by atoms with Crippen molar-refractivity contribution < 1.29 is 9.47 Å².